The van der Waals surface area contributed by atoms with Crippen molar-refractivity contribution in [2.24, 2.45) is 0 Å². The third-order valence-corrected chi connectivity index (χ3v) is 4.06. The molecule has 0 saturated carbocycles. The predicted molar refractivity (Wildman–Crippen MR) is 92.8 cm³/mol. The first-order valence-electron chi connectivity index (χ1n) is 7.63. The van der Waals surface area contributed by atoms with Gasteiger partial charge in [0, 0.05) is 26.7 Å². The molecule has 1 unspecified atom stereocenters. The van der Waals surface area contributed by atoms with Crippen molar-refractivity contribution in [2.75, 3.05) is 27.5 Å². The molecule has 1 rings (SSSR count). The Labute approximate surface area is 144 Å². The monoisotopic (exact) mass is 358 g/mol. The molecule has 0 aliphatic carbocycles. The molecule has 1 aromatic rings. The summed E-state index contributed by atoms with van der Waals surface area (Å²) < 4.78 is 32.9. The van der Waals surface area contributed by atoms with E-state index >= 15 is 0 Å². The third-order valence-electron chi connectivity index (χ3n) is 3.57. The number of urea groups is 1. The zero-order valence-corrected chi connectivity index (χ0v) is 15.9. The number of rotatable bonds is 7. The zero-order chi connectivity index (χ0) is 18.5. The van der Waals surface area contributed by atoms with Crippen LogP contribution in [0.1, 0.15) is 25.8 Å². The second-order valence-electron chi connectivity index (χ2n) is 5.83. The number of benzene rings is 1. The van der Waals surface area contributed by atoms with Gasteiger partial charge in [-0.25, -0.2) is 4.79 Å². The first-order chi connectivity index (χ1) is 11.1. The molecule has 0 N–H and O–H groups in total. The van der Waals surface area contributed by atoms with Gasteiger partial charge in [-0.3, -0.25) is 0 Å². The summed E-state index contributed by atoms with van der Waals surface area (Å²) in [6.45, 7) is 4.32. The SMILES string of the molecule is CCC(C)N(Cc1ccc(OC)c(OS(C)(=O)=O)c1)C(=O)N(C)C. The Hall–Kier alpha value is -1.96. The Morgan fingerprint density at radius 3 is 2.33 bits per heavy atom. The second kappa shape index (κ2) is 8.23. The summed E-state index contributed by atoms with van der Waals surface area (Å²) in [6, 6.07) is 4.93. The van der Waals surface area contributed by atoms with Crippen molar-refractivity contribution < 1.29 is 22.1 Å². The summed E-state index contributed by atoms with van der Waals surface area (Å²) in [5.74, 6) is 0.428. The van der Waals surface area contributed by atoms with Crippen LogP contribution in [0, 0.1) is 0 Å². The van der Waals surface area contributed by atoms with Gasteiger partial charge >= 0.3 is 16.1 Å². The summed E-state index contributed by atoms with van der Waals surface area (Å²) >= 11 is 0. The van der Waals surface area contributed by atoms with Crippen LogP contribution in [0.5, 0.6) is 11.5 Å². The Morgan fingerprint density at radius 2 is 1.88 bits per heavy atom. The molecule has 0 aliphatic heterocycles. The molecule has 0 spiro atoms. The van der Waals surface area contributed by atoms with Crippen LogP contribution >= 0.6 is 0 Å². The molecule has 2 amide bonds. The van der Waals surface area contributed by atoms with E-state index in [1.54, 1.807) is 37.2 Å². The Morgan fingerprint density at radius 1 is 1.25 bits per heavy atom. The molecule has 0 saturated heterocycles. The Kier molecular flexibility index (Phi) is 6.89. The average Bonchev–Trinajstić information content (AvgIpc) is 2.49. The fourth-order valence-electron chi connectivity index (χ4n) is 2.13. The second-order valence-corrected chi connectivity index (χ2v) is 7.41. The lowest BCUT2D eigenvalue weighted by Gasteiger charge is -2.31. The van der Waals surface area contributed by atoms with Crippen molar-refractivity contribution in [3.8, 4) is 11.5 Å². The molecule has 0 bridgehead atoms. The van der Waals surface area contributed by atoms with E-state index in [1.165, 1.54) is 12.0 Å². The van der Waals surface area contributed by atoms with E-state index in [2.05, 4.69) is 0 Å². The molecular weight excluding hydrogens is 332 g/mol. The zero-order valence-electron chi connectivity index (χ0n) is 15.1. The van der Waals surface area contributed by atoms with Crippen LogP contribution in [0.3, 0.4) is 0 Å². The summed E-state index contributed by atoms with van der Waals surface area (Å²) in [6.07, 6.45) is 1.78. The Bertz CT molecular complexity index is 673. The quantitative estimate of drug-likeness (QED) is 0.699. The molecule has 24 heavy (non-hydrogen) atoms. The van der Waals surface area contributed by atoms with Gasteiger partial charge in [-0.05, 0) is 31.0 Å². The Balaban J connectivity index is 3.15. The lowest BCUT2D eigenvalue weighted by molar-refractivity contribution is 0.148. The van der Waals surface area contributed by atoms with Crippen LogP contribution in [0.25, 0.3) is 0 Å². The van der Waals surface area contributed by atoms with Gasteiger partial charge in [0.05, 0.1) is 13.4 Å². The summed E-state index contributed by atoms with van der Waals surface area (Å²) in [7, 11) is 1.16. The number of nitrogens with zero attached hydrogens (tertiary/aromatic N) is 2. The third kappa shape index (κ3) is 5.59. The van der Waals surface area contributed by atoms with E-state index < -0.39 is 10.1 Å². The topological polar surface area (TPSA) is 76.1 Å². The molecule has 0 aromatic heterocycles. The number of carbonyl (C=O) groups excluding carboxylic acids is 1. The highest BCUT2D eigenvalue weighted by atomic mass is 32.2. The van der Waals surface area contributed by atoms with Crippen molar-refractivity contribution in [1.29, 1.82) is 0 Å². The lowest BCUT2D eigenvalue weighted by atomic mass is 10.1. The van der Waals surface area contributed by atoms with E-state index in [9.17, 15) is 13.2 Å². The van der Waals surface area contributed by atoms with E-state index in [-0.39, 0.29) is 17.8 Å². The van der Waals surface area contributed by atoms with Gasteiger partial charge in [0.1, 0.15) is 0 Å². The van der Waals surface area contributed by atoms with Crippen LogP contribution < -0.4 is 8.92 Å². The number of hydrogen-bond acceptors (Lipinski definition) is 5. The number of carbonyl (C=O) groups is 1. The van der Waals surface area contributed by atoms with Crippen LogP contribution in [0.15, 0.2) is 18.2 Å². The molecule has 8 heteroatoms. The minimum atomic E-state index is -3.67. The largest absolute Gasteiger partial charge is 0.493 e. The van der Waals surface area contributed by atoms with Crippen molar-refractivity contribution in [2.45, 2.75) is 32.9 Å². The maximum Gasteiger partial charge on any atom is 0.320 e. The standard InChI is InChI=1S/C16H26N2O5S/c1-7-12(2)18(16(19)17(3)4)11-13-8-9-14(22-5)15(10-13)23-24(6,20)21/h8-10,12H,7,11H2,1-6H3. The minimum absolute atomic E-state index is 0.0428. The van der Waals surface area contributed by atoms with Gasteiger partial charge in [0.25, 0.3) is 0 Å². The van der Waals surface area contributed by atoms with Gasteiger partial charge in [0.15, 0.2) is 11.5 Å². The molecule has 7 nitrogen and oxygen atoms in total. The molecule has 1 atom stereocenters. The maximum atomic E-state index is 12.4. The molecule has 0 aliphatic rings. The number of hydrogen-bond donors (Lipinski definition) is 0. The van der Waals surface area contributed by atoms with E-state index in [4.69, 9.17) is 8.92 Å². The number of methoxy groups -OCH3 is 1. The van der Waals surface area contributed by atoms with E-state index in [1.807, 2.05) is 13.8 Å². The van der Waals surface area contributed by atoms with Gasteiger partial charge in [-0.2, -0.15) is 8.42 Å². The van der Waals surface area contributed by atoms with Crippen LogP contribution in [-0.4, -0.2) is 57.8 Å². The highest BCUT2D eigenvalue weighted by Gasteiger charge is 2.21. The van der Waals surface area contributed by atoms with E-state index in [0.717, 1.165) is 18.2 Å². The highest BCUT2D eigenvalue weighted by Crippen LogP contribution is 2.30. The van der Waals surface area contributed by atoms with E-state index in [0.29, 0.717) is 12.3 Å². The van der Waals surface area contributed by atoms with Gasteiger partial charge in [0.2, 0.25) is 0 Å². The molecule has 0 fully saturated rings. The first-order valence-corrected chi connectivity index (χ1v) is 9.45. The van der Waals surface area contributed by atoms with Crippen molar-refractivity contribution in [3.05, 3.63) is 23.8 Å². The average molecular weight is 358 g/mol. The molecule has 136 valence electrons. The summed E-state index contributed by atoms with van der Waals surface area (Å²) in [5.41, 5.74) is 0.755. The fourth-order valence-corrected chi connectivity index (χ4v) is 2.59. The van der Waals surface area contributed by atoms with Gasteiger partial charge < -0.3 is 18.7 Å². The van der Waals surface area contributed by atoms with Crippen molar-refractivity contribution in [1.82, 2.24) is 9.80 Å². The predicted octanol–water partition coefficient (Wildman–Crippen LogP) is 2.32. The molecule has 1 aromatic carbocycles. The maximum absolute atomic E-state index is 12.4. The smallest absolute Gasteiger partial charge is 0.320 e. The molecule has 0 radical (unpaired) electrons. The first kappa shape index (κ1) is 20.1. The molecular formula is C16H26N2O5S. The minimum Gasteiger partial charge on any atom is -0.493 e. The van der Waals surface area contributed by atoms with Crippen molar-refractivity contribution >= 4 is 16.1 Å². The lowest BCUT2D eigenvalue weighted by Crippen LogP contribution is -2.43. The van der Waals surface area contributed by atoms with Crippen molar-refractivity contribution in [3.63, 3.8) is 0 Å². The normalized spacial score (nSPS) is 12.4. The van der Waals surface area contributed by atoms with Crippen LogP contribution in [-0.2, 0) is 16.7 Å². The fraction of sp³-hybridized carbons (Fsp3) is 0.562. The highest BCUT2D eigenvalue weighted by molar-refractivity contribution is 7.86. The van der Waals surface area contributed by atoms with Gasteiger partial charge in [-0.1, -0.05) is 13.0 Å². The van der Waals surface area contributed by atoms with Crippen LogP contribution in [0.2, 0.25) is 0 Å². The van der Waals surface area contributed by atoms with Crippen LogP contribution in [0.4, 0.5) is 4.79 Å². The number of amides is 2. The summed E-state index contributed by atoms with van der Waals surface area (Å²) in [4.78, 5) is 15.6. The number of ether oxygens (including phenoxy) is 1. The van der Waals surface area contributed by atoms with Gasteiger partial charge in [-0.15, -0.1) is 0 Å². The summed E-state index contributed by atoms with van der Waals surface area (Å²) in [5, 5.41) is 0. The molecule has 0 heterocycles.